The minimum absolute atomic E-state index is 0.147. The van der Waals surface area contributed by atoms with Crippen molar-refractivity contribution in [3.8, 4) is 11.1 Å². The zero-order chi connectivity index (χ0) is 13.9. The van der Waals surface area contributed by atoms with Crippen LogP contribution in [0.3, 0.4) is 0 Å². The Balaban J connectivity index is 2.26. The van der Waals surface area contributed by atoms with E-state index in [2.05, 4.69) is 28.8 Å². The van der Waals surface area contributed by atoms with Gasteiger partial charge in [0.15, 0.2) is 0 Å². The summed E-state index contributed by atoms with van der Waals surface area (Å²) in [5.41, 5.74) is 8.36. The van der Waals surface area contributed by atoms with Crippen molar-refractivity contribution in [1.82, 2.24) is 5.48 Å². The van der Waals surface area contributed by atoms with Gasteiger partial charge in [0.05, 0.1) is 7.11 Å². The lowest BCUT2D eigenvalue weighted by Crippen LogP contribution is -2.32. The minimum atomic E-state index is -0.147. The molecule has 0 saturated heterocycles. The topological polar surface area (TPSA) is 42.8 Å². The molecule has 1 atom stereocenters. The molecule has 0 heterocycles. The van der Waals surface area contributed by atoms with Crippen LogP contribution in [-0.4, -0.2) is 19.9 Å². The second-order valence-electron chi connectivity index (χ2n) is 4.55. The lowest BCUT2D eigenvalue weighted by Gasteiger charge is -2.28. The van der Waals surface area contributed by atoms with Crippen LogP contribution in [-0.2, 0) is 9.68 Å². The van der Waals surface area contributed by atoms with Crippen LogP contribution in [0.5, 0.6) is 0 Å². The molecule has 2 aromatic rings. The van der Waals surface area contributed by atoms with Crippen molar-refractivity contribution in [2.75, 3.05) is 14.2 Å². The summed E-state index contributed by atoms with van der Waals surface area (Å²) in [5.74, 6) is 0. The first-order valence-corrected chi connectivity index (χ1v) is 6.45. The number of hydrogen-bond acceptors (Lipinski definition) is 4. The van der Waals surface area contributed by atoms with E-state index in [4.69, 9.17) is 9.68 Å². The Kier molecular flexibility index (Phi) is 3.50. The van der Waals surface area contributed by atoms with E-state index in [1.54, 1.807) is 14.2 Å². The van der Waals surface area contributed by atoms with Crippen molar-refractivity contribution in [3.05, 3.63) is 59.7 Å². The van der Waals surface area contributed by atoms with E-state index in [9.17, 15) is 0 Å². The number of benzene rings is 2. The largest absolute Gasteiger partial charge is 0.399 e. The van der Waals surface area contributed by atoms with Crippen molar-refractivity contribution in [2.24, 2.45) is 5.16 Å². The lowest BCUT2D eigenvalue weighted by atomic mass is 9.81. The molecule has 0 fully saturated rings. The number of oxime groups is 1. The predicted octanol–water partition coefficient (Wildman–Crippen LogP) is 2.91. The summed E-state index contributed by atoms with van der Waals surface area (Å²) in [6.45, 7) is 0. The lowest BCUT2D eigenvalue weighted by molar-refractivity contribution is 0.0770. The zero-order valence-electron chi connectivity index (χ0n) is 11.5. The summed E-state index contributed by atoms with van der Waals surface area (Å²) >= 11 is 0. The smallest absolute Gasteiger partial charge is 0.111 e. The van der Waals surface area contributed by atoms with Gasteiger partial charge in [-0.1, -0.05) is 53.7 Å². The molecule has 0 amide bonds. The Labute approximate surface area is 118 Å². The van der Waals surface area contributed by atoms with Crippen LogP contribution < -0.4 is 5.48 Å². The summed E-state index contributed by atoms with van der Waals surface area (Å²) in [4.78, 5) is 10.2. The van der Waals surface area contributed by atoms with E-state index in [1.165, 1.54) is 5.56 Å². The van der Waals surface area contributed by atoms with Crippen molar-refractivity contribution in [1.29, 1.82) is 0 Å². The van der Waals surface area contributed by atoms with Crippen molar-refractivity contribution in [2.45, 2.75) is 6.04 Å². The van der Waals surface area contributed by atoms with Gasteiger partial charge in [-0.15, -0.1) is 0 Å². The van der Waals surface area contributed by atoms with Gasteiger partial charge >= 0.3 is 0 Å². The molecule has 1 aliphatic carbocycles. The normalized spacial score (nSPS) is 18.5. The molecule has 0 spiro atoms. The maximum atomic E-state index is 5.14. The van der Waals surface area contributed by atoms with E-state index in [0.29, 0.717) is 0 Å². The van der Waals surface area contributed by atoms with Gasteiger partial charge in [0.2, 0.25) is 0 Å². The Morgan fingerprint density at radius 3 is 2.25 bits per heavy atom. The highest BCUT2D eigenvalue weighted by Gasteiger charge is 2.30. The molecule has 102 valence electrons. The third-order valence-electron chi connectivity index (χ3n) is 3.46. The zero-order valence-corrected chi connectivity index (χ0v) is 11.5. The quantitative estimate of drug-likeness (QED) is 0.870. The van der Waals surface area contributed by atoms with E-state index in [1.807, 2.05) is 30.3 Å². The first-order chi connectivity index (χ1) is 9.86. The van der Waals surface area contributed by atoms with Gasteiger partial charge in [-0.05, 0) is 16.7 Å². The molecule has 0 aromatic heterocycles. The molecular formula is C16H16N2O2. The van der Waals surface area contributed by atoms with E-state index < -0.39 is 0 Å². The van der Waals surface area contributed by atoms with E-state index in [0.717, 1.165) is 22.4 Å². The maximum absolute atomic E-state index is 5.14. The van der Waals surface area contributed by atoms with Gasteiger partial charge in [-0.3, -0.25) is 0 Å². The molecule has 1 aliphatic rings. The molecular weight excluding hydrogens is 252 g/mol. The number of nitrogens with one attached hydrogen (secondary N) is 1. The third kappa shape index (κ3) is 1.99. The summed E-state index contributed by atoms with van der Waals surface area (Å²) in [6, 6.07) is 16.3. The van der Waals surface area contributed by atoms with Crippen LogP contribution in [0.2, 0.25) is 0 Å². The summed E-state index contributed by atoms with van der Waals surface area (Å²) in [5, 5.41) is 4.20. The molecule has 20 heavy (non-hydrogen) atoms. The van der Waals surface area contributed by atoms with Crippen LogP contribution >= 0.6 is 0 Å². The second-order valence-corrected chi connectivity index (χ2v) is 4.55. The fourth-order valence-electron chi connectivity index (χ4n) is 2.68. The summed E-state index contributed by atoms with van der Waals surface area (Å²) in [7, 11) is 3.16. The van der Waals surface area contributed by atoms with Crippen molar-refractivity contribution >= 4 is 5.71 Å². The highest BCUT2D eigenvalue weighted by Crippen LogP contribution is 2.38. The van der Waals surface area contributed by atoms with Gasteiger partial charge in [-0.25, -0.2) is 0 Å². The second kappa shape index (κ2) is 5.45. The Hall–Kier alpha value is -2.17. The van der Waals surface area contributed by atoms with Gasteiger partial charge in [0, 0.05) is 5.56 Å². The van der Waals surface area contributed by atoms with Gasteiger partial charge in [0.25, 0.3) is 0 Å². The predicted molar refractivity (Wildman–Crippen MR) is 78.3 cm³/mol. The van der Waals surface area contributed by atoms with Crippen LogP contribution in [0.15, 0.2) is 53.7 Å². The molecule has 2 aromatic carbocycles. The molecule has 4 heteroatoms. The standard InChI is InChI=1S/C16H16N2O2/c1-19-17-15-13-9-5-3-7-11(13)12-8-4-6-10-14(12)16(15)18-20-2/h3-10,15,17H,1-2H3/b18-16+. The SMILES string of the molecule is CO/N=C1\c2ccccc2-c2ccccc2C1NOC. The molecule has 0 saturated carbocycles. The number of nitrogens with zero attached hydrogens (tertiary/aromatic N) is 1. The van der Waals surface area contributed by atoms with Gasteiger partial charge in [0.1, 0.15) is 18.9 Å². The average Bonchev–Trinajstić information content (AvgIpc) is 2.51. The molecule has 0 bridgehead atoms. The van der Waals surface area contributed by atoms with E-state index in [-0.39, 0.29) is 6.04 Å². The van der Waals surface area contributed by atoms with Gasteiger partial charge < -0.3 is 9.68 Å². The Morgan fingerprint density at radius 1 is 0.900 bits per heavy atom. The summed E-state index contributed by atoms with van der Waals surface area (Å²) in [6.07, 6.45) is 0. The van der Waals surface area contributed by atoms with Crippen LogP contribution in [0.4, 0.5) is 0 Å². The molecule has 1 unspecified atom stereocenters. The minimum Gasteiger partial charge on any atom is -0.399 e. The number of fused-ring (bicyclic) bond motifs is 3. The molecule has 0 aliphatic heterocycles. The number of hydroxylamine groups is 1. The fraction of sp³-hybridized carbons (Fsp3) is 0.188. The molecule has 3 rings (SSSR count). The van der Waals surface area contributed by atoms with Crippen LogP contribution in [0.1, 0.15) is 17.2 Å². The first kappa shape index (κ1) is 12.8. The molecule has 0 radical (unpaired) electrons. The van der Waals surface area contributed by atoms with Crippen molar-refractivity contribution in [3.63, 3.8) is 0 Å². The third-order valence-corrected chi connectivity index (χ3v) is 3.46. The highest BCUT2D eigenvalue weighted by molar-refractivity contribution is 6.12. The first-order valence-electron chi connectivity index (χ1n) is 6.45. The van der Waals surface area contributed by atoms with E-state index >= 15 is 0 Å². The molecule has 1 N–H and O–H groups in total. The van der Waals surface area contributed by atoms with Crippen LogP contribution in [0, 0.1) is 0 Å². The Bertz CT molecular complexity index is 652. The number of hydrogen-bond donors (Lipinski definition) is 1. The maximum Gasteiger partial charge on any atom is 0.111 e. The highest BCUT2D eigenvalue weighted by atomic mass is 16.6. The monoisotopic (exact) mass is 268 g/mol. The summed E-state index contributed by atoms with van der Waals surface area (Å²) < 4.78 is 0. The average molecular weight is 268 g/mol. The Morgan fingerprint density at radius 2 is 1.55 bits per heavy atom. The van der Waals surface area contributed by atoms with Gasteiger partial charge in [-0.2, -0.15) is 5.48 Å². The van der Waals surface area contributed by atoms with Crippen molar-refractivity contribution < 1.29 is 9.68 Å². The number of rotatable bonds is 3. The van der Waals surface area contributed by atoms with Crippen LogP contribution in [0.25, 0.3) is 11.1 Å². The molecule has 4 nitrogen and oxygen atoms in total. The fourth-order valence-corrected chi connectivity index (χ4v) is 2.68.